The maximum absolute atomic E-state index is 11.8. The molecular formula is C11H13Br2NO3S. The van der Waals surface area contributed by atoms with Gasteiger partial charge in [0.15, 0.2) is 6.10 Å². The van der Waals surface area contributed by atoms with Crippen molar-refractivity contribution in [2.75, 3.05) is 6.54 Å². The SMILES string of the molecule is CCCNC(=O)[C@@H](C)OC(=O)c1cc(Br)c(Br)s1. The Kier molecular flexibility index (Phi) is 6.31. The largest absolute Gasteiger partial charge is 0.448 e. The van der Waals surface area contributed by atoms with Gasteiger partial charge in [-0.15, -0.1) is 11.3 Å². The molecule has 0 spiro atoms. The predicted octanol–water partition coefficient (Wildman–Crippen LogP) is 3.34. The van der Waals surface area contributed by atoms with Gasteiger partial charge in [-0.2, -0.15) is 0 Å². The molecule has 1 atom stereocenters. The number of ether oxygens (including phenoxy) is 1. The highest BCUT2D eigenvalue weighted by molar-refractivity contribution is 9.13. The Morgan fingerprint density at radius 1 is 1.50 bits per heavy atom. The van der Waals surface area contributed by atoms with Crippen LogP contribution in [0.1, 0.15) is 29.9 Å². The van der Waals surface area contributed by atoms with Gasteiger partial charge in [0.2, 0.25) is 0 Å². The number of hydrogen-bond donors (Lipinski definition) is 1. The predicted molar refractivity (Wildman–Crippen MR) is 77.9 cm³/mol. The summed E-state index contributed by atoms with van der Waals surface area (Å²) in [6, 6.07) is 1.66. The van der Waals surface area contributed by atoms with Crippen molar-refractivity contribution in [1.82, 2.24) is 5.32 Å². The topological polar surface area (TPSA) is 55.4 Å². The van der Waals surface area contributed by atoms with E-state index in [4.69, 9.17) is 4.74 Å². The van der Waals surface area contributed by atoms with E-state index >= 15 is 0 Å². The highest BCUT2D eigenvalue weighted by Gasteiger charge is 2.20. The molecule has 0 saturated carbocycles. The third-order valence-corrected chi connectivity index (χ3v) is 5.28. The summed E-state index contributed by atoms with van der Waals surface area (Å²) >= 11 is 7.85. The lowest BCUT2D eigenvalue weighted by molar-refractivity contribution is -0.129. The van der Waals surface area contributed by atoms with E-state index < -0.39 is 12.1 Å². The molecule has 0 radical (unpaired) electrons. The smallest absolute Gasteiger partial charge is 0.349 e. The number of esters is 1. The van der Waals surface area contributed by atoms with E-state index in [9.17, 15) is 9.59 Å². The van der Waals surface area contributed by atoms with Crippen LogP contribution in [-0.2, 0) is 9.53 Å². The zero-order valence-electron chi connectivity index (χ0n) is 9.96. The molecule has 0 aliphatic rings. The van der Waals surface area contributed by atoms with E-state index in [2.05, 4.69) is 37.2 Å². The minimum Gasteiger partial charge on any atom is -0.448 e. The molecule has 0 aromatic carbocycles. The van der Waals surface area contributed by atoms with Gasteiger partial charge in [-0.3, -0.25) is 4.79 Å². The lowest BCUT2D eigenvalue weighted by Gasteiger charge is -2.12. The van der Waals surface area contributed by atoms with Gasteiger partial charge in [0.05, 0.1) is 3.79 Å². The fraction of sp³-hybridized carbons (Fsp3) is 0.455. The van der Waals surface area contributed by atoms with E-state index in [1.54, 1.807) is 13.0 Å². The fourth-order valence-corrected chi connectivity index (χ4v) is 3.03. The van der Waals surface area contributed by atoms with Crippen LogP contribution >= 0.6 is 43.2 Å². The Balaban J connectivity index is 2.56. The van der Waals surface area contributed by atoms with E-state index in [0.717, 1.165) is 14.7 Å². The van der Waals surface area contributed by atoms with Gasteiger partial charge in [0, 0.05) is 11.0 Å². The Labute approximate surface area is 126 Å². The van der Waals surface area contributed by atoms with Crippen molar-refractivity contribution in [3.63, 3.8) is 0 Å². The first-order chi connectivity index (χ1) is 8.45. The van der Waals surface area contributed by atoms with Crippen LogP contribution < -0.4 is 5.32 Å². The highest BCUT2D eigenvalue weighted by atomic mass is 79.9. The number of carbonyl (C=O) groups excluding carboxylic acids is 2. The van der Waals surface area contributed by atoms with Crippen molar-refractivity contribution in [1.29, 1.82) is 0 Å². The fourth-order valence-electron chi connectivity index (χ4n) is 1.11. The van der Waals surface area contributed by atoms with E-state index in [0.29, 0.717) is 11.4 Å². The number of thiophene rings is 1. The summed E-state index contributed by atoms with van der Waals surface area (Å²) in [5, 5.41) is 2.67. The first-order valence-corrected chi connectivity index (χ1v) is 7.79. The summed E-state index contributed by atoms with van der Waals surface area (Å²) in [4.78, 5) is 23.8. The average molecular weight is 399 g/mol. The second-order valence-corrected chi connectivity index (χ2v) is 6.80. The zero-order chi connectivity index (χ0) is 13.7. The van der Waals surface area contributed by atoms with E-state index in [1.165, 1.54) is 11.3 Å². The van der Waals surface area contributed by atoms with Crippen LogP contribution in [0.25, 0.3) is 0 Å². The molecule has 0 unspecified atom stereocenters. The van der Waals surface area contributed by atoms with Gasteiger partial charge >= 0.3 is 5.97 Å². The Bertz CT molecular complexity index is 428. The Morgan fingerprint density at radius 2 is 2.17 bits per heavy atom. The quantitative estimate of drug-likeness (QED) is 0.773. The summed E-state index contributed by atoms with van der Waals surface area (Å²) in [5.74, 6) is -0.773. The molecule has 0 aliphatic carbocycles. The first-order valence-electron chi connectivity index (χ1n) is 5.39. The molecule has 1 rings (SSSR count). The molecule has 1 heterocycles. The molecule has 4 nitrogen and oxygen atoms in total. The highest BCUT2D eigenvalue weighted by Crippen LogP contribution is 2.32. The van der Waals surface area contributed by atoms with Gasteiger partial charge in [-0.1, -0.05) is 6.92 Å². The van der Waals surface area contributed by atoms with Crippen LogP contribution in [0.15, 0.2) is 14.3 Å². The maximum Gasteiger partial charge on any atom is 0.349 e. The second-order valence-electron chi connectivity index (χ2n) is 3.57. The Hall–Kier alpha value is -0.400. The molecule has 100 valence electrons. The second kappa shape index (κ2) is 7.25. The van der Waals surface area contributed by atoms with Crippen LogP contribution in [0.3, 0.4) is 0 Å². The summed E-state index contributed by atoms with van der Waals surface area (Å²) in [6.45, 7) is 4.09. The number of amides is 1. The van der Waals surface area contributed by atoms with Gasteiger partial charge in [0.1, 0.15) is 4.88 Å². The molecule has 1 aromatic rings. The van der Waals surface area contributed by atoms with Gasteiger partial charge in [-0.05, 0) is 51.3 Å². The molecular weight excluding hydrogens is 386 g/mol. The van der Waals surface area contributed by atoms with Gasteiger partial charge < -0.3 is 10.1 Å². The summed E-state index contributed by atoms with van der Waals surface area (Å²) in [6.07, 6.45) is 0.0562. The summed E-state index contributed by atoms with van der Waals surface area (Å²) in [7, 11) is 0. The van der Waals surface area contributed by atoms with Crippen LogP contribution in [0, 0.1) is 0 Å². The van der Waals surface area contributed by atoms with Crippen molar-refractivity contribution < 1.29 is 14.3 Å². The molecule has 1 amide bonds. The van der Waals surface area contributed by atoms with Crippen LogP contribution in [-0.4, -0.2) is 24.5 Å². The molecule has 0 aliphatic heterocycles. The molecule has 1 N–H and O–H groups in total. The molecule has 0 saturated heterocycles. The number of rotatable bonds is 5. The van der Waals surface area contributed by atoms with Crippen molar-refractivity contribution in [2.24, 2.45) is 0 Å². The number of halogens is 2. The van der Waals surface area contributed by atoms with Crippen LogP contribution in [0.5, 0.6) is 0 Å². The lowest BCUT2D eigenvalue weighted by atomic mass is 10.3. The maximum atomic E-state index is 11.8. The third kappa shape index (κ3) is 4.37. The minimum absolute atomic E-state index is 0.278. The van der Waals surface area contributed by atoms with Crippen LogP contribution in [0.2, 0.25) is 0 Å². The standard InChI is InChI=1S/C11H13Br2NO3S/c1-3-4-14-10(15)6(2)17-11(16)8-5-7(12)9(13)18-8/h5-6H,3-4H2,1-2H3,(H,14,15)/t6-/m1/s1. The van der Waals surface area contributed by atoms with Crippen molar-refractivity contribution in [2.45, 2.75) is 26.4 Å². The van der Waals surface area contributed by atoms with E-state index in [-0.39, 0.29) is 5.91 Å². The Morgan fingerprint density at radius 3 is 2.67 bits per heavy atom. The molecule has 0 bridgehead atoms. The number of hydrogen-bond acceptors (Lipinski definition) is 4. The van der Waals surface area contributed by atoms with Crippen molar-refractivity contribution >= 4 is 55.1 Å². The molecule has 18 heavy (non-hydrogen) atoms. The average Bonchev–Trinajstić information content (AvgIpc) is 2.66. The van der Waals surface area contributed by atoms with E-state index in [1.807, 2.05) is 6.92 Å². The summed E-state index contributed by atoms with van der Waals surface area (Å²) in [5.41, 5.74) is 0. The van der Waals surface area contributed by atoms with Crippen LogP contribution in [0.4, 0.5) is 0 Å². The van der Waals surface area contributed by atoms with Gasteiger partial charge in [-0.25, -0.2) is 4.79 Å². The molecule has 1 aromatic heterocycles. The minimum atomic E-state index is -0.788. The third-order valence-electron chi connectivity index (χ3n) is 2.05. The lowest BCUT2D eigenvalue weighted by Crippen LogP contribution is -2.36. The van der Waals surface area contributed by atoms with Crippen molar-refractivity contribution in [3.05, 3.63) is 19.2 Å². The first kappa shape index (κ1) is 15.7. The van der Waals surface area contributed by atoms with Crippen molar-refractivity contribution in [3.8, 4) is 0 Å². The molecule has 7 heteroatoms. The monoisotopic (exact) mass is 397 g/mol. The number of carbonyl (C=O) groups is 2. The molecule has 0 fully saturated rings. The number of nitrogens with one attached hydrogen (secondary N) is 1. The zero-order valence-corrected chi connectivity index (χ0v) is 13.9. The normalized spacial score (nSPS) is 12.0. The van der Waals surface area contributed by atoms with Gasteiger partial charge in [0.25, 0.3) is 5.91 Å². The summed E-state index contributed by atoms with van der Waals surface area (Å²) < 4.78 is 6.69.